The van der Waals surface area contributed by atoms with Crippen LogP contribution in [-0.4, -0.2) is 30.2 Å². The SMILES string of the molecule is CN(C(=O)NC([C]=O)c1ccccc1)C(=O)c1ccc(-c2ccccc2)cc1. The number of hydrogen-bond acceptors (Lipinski definition) is 3. The number of nitrogens with zero attached hydrogens (tertiary/aromatic N) is 1. The maximum Gasteiger partial charge on any atom is 0.324 e. The average molecular weight is 371 g/mol. The molecule has 0 aliphatic rings. The molecular formula is C23H19N2O3. The molecule has 0 saturated carbocycles. The van der Waals surface area contributed by atoms with Gasteiger partial charge in [-0.2, -0.15) is 0 Å². The molecule has 28 heavy (non-hydrogen) atoms. The minimum absolute atomic E-state index is 0.378. The van der Waals surface area contributed by atoms with Gasteiger partial charge in [0.2, 0.25) is 6.29 Å². The lowest BCUT2D eigenvalue weighted by molar-refractivity contribution is 0.0830. The molecule has 3 aromatic rings. The Morgan fingerprint density at radius 2 is 1.36 bits per heavy atom. The molecule has 3 aromatic carbocycles. The van der Waals surface area contributed by atoms with E-state index in [1.165, 1.54) is 7.05 Å². The highest BCUT2D eigenvalue weighted by molar-refractivity contribution is 6.04. The van der Waals surface area contributed by atoms with Crippen LogP contribution in [0.5, 0.6) is 0 Å². The summed E-state index contributed by atoms with van der Waals surface area (Å²) in [5.74, 6) is -0.463. The van der Waals surface area contributed by atoms with Crippen LogP contribution < -0.4 is 5.32 Å². The molecule has 3 rings (SSSR count). The second-order valence-corrected chi connectivity index (χ2v) is 6.22. The molecule has 3 amide bonds. The molecule has 0 spiro atoms. The maximum atomic E-state index is 12.6. The van der Waals surface area contributed by atoms with Crippen molar-refractivity contribution in [1.82, 2.24) is 10.2 Å². The normalized spacial score (nSPS) is 11.3. The second kappa shape index (κ2) is 8.77. The van der Waals surface area contributed by atoms with Crippen molar-refractivity contribution >= 4 is 18.2 Å². The summed E-state index contributed by atoms with van der Waals surface area (Å²) < 4.78 is 0. The molecule has 0 aliphatic carbocycles. The monoisotopic (exact) mass is 371 g/mol. The van der Waals surface area contributed by atoms with Gasteiger partial charge in [0.1, 0.15) is 6.04 Å². The minimum atomic E-state index is -0.940. The van der Waals surface area contributed by atoms with Gasteiger partial charge in [-0.1, -0.05) is 72.8 Å². The van der Waals surface area contributed by atoms with E-state index in [2.05, 4.69) is 5.32 Å². The number of urea groups is 1. The van der Waals surface area contributed by atoms with E-state index in [-0.39, 0.29) is 0 Å². The predicted molar refractivity (Wildman–Crippen MR) is 107 cm³/mol. The molecule has 1 N–H and O–H groups in total. The Kier molecular flexibility index (Phi) is 5.97. The Bertz CT molecular complexity index is 954. The molecule has 0 saturated heterocycles. The minimum Gasteiger partial charge on any atom is -0.323 e. The first-order valence-electron chi connectivity index (χ1n) is 8.77. The quantitative estimate of drug-likeness (QED) is 0.738. The zero-order chi connectivity index (χ0) is 19.9. The van der Waals surface area contributed by atoms with E-state index in [4.69, 9.17) is 0 Å². The topological polar surface area (TPSA) is 66.5 Å². The van der Waals surface area contributed by atoms with E-state index in [1.54, 1.807) is 42.7 Å². The molecule has 5 nitrogen and oxygen atoms in total. The number of imide groups is 1. The predicted octanol–water partition coefficient (Wildman–Crippen LogP) is 3.99. The third-order valence-electron chi connectivity index (χ3n) is 4.37. The first kappa shape index (κ1) is 19.0. The van der Waals surface area contributed by atoms with Crippen molar-refractivity contribution in [3.8, 4) is 11.1 Å². The molecular weight excluding hydrogens is 352 g/mol. The first-order chi connectivity index (χ1) is 13.6. The van der Waals surface area contributed by atoms with Crippen molar-refractivity contribution in [2.45, 2.75) is 6.04 Å². The fourth-order valence-electron chi connectivity index (χ4n) is 2.77. The van der Waals surface area contributed by atoms with E-state index in [0.29, 0.717) is 11.1 Å². The molecule has 139 valence electrons. The Balaban J connectivity index is 1.69. The zero-order valence-corrected chi connectivity index (χ0v) is 15.3. The molecule has 0 fully saturated rings. The highest BCUT2D eigenvalue weighted by Crippen LogP contribution is 2.20. The number of nitrogens with one attached hydrogen (secondary N) is 1. The summed E-state index contributed by atoms with van der Waals surface area (Å²) in [6.07, 6.45) is 1.79. The van der Waals surface area contributed by atoms with Crippen LogP contribution in [0.4, 0.5) is 4.79 Å². The first-order valence-corrected chi connectivity index (χ1v) is 8.77. The van der Waals surface area contributed by atoms with Crippen molar-refractivity contribution in [3.63, 3.8) is 0 Å². The van der Waals surface area contributed by atoms with Gasteiger partial charge in [0.05, 0.1) is 0 Å². The van der Waals surface area contributed by atoms with Gasteiger partial charge in [-0.05, 0) is 28.8 Å². The van der Waals surface area contributed by atoms with Crippen LogP contribution in [-0.2, 0) is 4.79 Å². The van der Waals surface area contributed by atoms with E-state index in [9.17, 15) is 14.4 Å². The van der Waals surface area contributed by atoms with Gasteiger partial charge in [-0.15, -0.1) is 0 Å². The van der Waals surface area contributed by atoms with Crippen molar-refractivity contribution in [1.29, 1.82) is 0 Å². The summed E-state index contributed by atoms with van der Waals surface area (Å²) in [7, 11) is 1.37. The summed E-state index contributed by atoms with van der Waals surface area (Å²) >= 11 is 0. The molecule has 5 heteroatoms. The van der Waals surface area contributed by atoms with E-state index in [0.717, 1.165) is 16.0 Å². The largest absolute Gasteiger partial charge is 0.324 e. The fraction of sp³-hybridized carbons (Fsp3) is 0.0870. The lowest BCUT2D eigenvalue weighted by Gasteiger charge is -2.19. The molecule has 0 aliphatic heterocycles. The number of carbonyl (C=O) groups is 2. The maximum absolute atomic E-state index is 12.6. The highest BCUT2D eigenvalue weighted by Gasteiger charge is 2.22. The van der Waals surface area contributed by atoms with Crippen LogP contribution in [0.3, 0.4) is 0 Å². The Morgan fingerprint density at radius 1 is 0.821 bits per heavy atom. The van der Waals surface area contributed by atoms with Gasteiger partial charge in [-0.3, -0.25) is 14.5 Å². The Hall–Kier alpha value is -3.73. The smallest absolute Gasteiger partial charge is 0.323 e. The summed E-state index contributed by atoms with van der Waals surface area (Å²) in [5.41, 5.74) is 2.99. The van der Waals surface area contributed by atoms with Gasteiger partial charge in [-0.25, -0.2) is 4.79 Å². The van der Waals surface area contributed by atoms with Gasteiger partial charge >= 0.3 is 6.03 Å². The highest BCUT2D eigenvalue weighted by atomic mass is 16.2. The number of hydrogen-bond donors (Lipinski definition) is 1. The third-order valence-corrected chi connectivity index (χ3v) is 4.37. The summed E-state index contributed by atoms with van der Waals surface area (Å²) in [6, 6.07) is 23.9. The molecule has 1 unspecified atom stereocenters. The van der Waals surface area contributed by atoms with E-state index < -0.39 is 18.0 Å². The number of amides is 3. The second-order valence-electron chi connectivity index (χ2n) is 6.22. The van der Waals surface area contributed by atoms with Crippen LogP contribution in [0.1, 0.15) is 22.0 Å². The van der Waals surface area contributed by atoms with E-state index >= 15 is 0 Å². The van der Waals surface area contributed by atoms with Crippen LogP contribution in [0.2, 0.25) is 0 Å². The van der Waals surface area contributed by atoms with Crippen molar-refractivity contribution in [3.05, 3.63) is 96.1 Å². The lowest BCUT2D eigenvalue weighted by Crippen LogP contribution is -2.43. The Morgan fingerprint density at radius 3 is 1.93 bits per heavy atom. The Labute approximate surface area is 163 Å². The van der Waals surface area contributed by atoms with Gasteiger partial charge in [0, 0.05) is 12.6 Å². The van der Waals surface area contributed by atoms with Crippen LogP contribution in [0, 0.1) is 0 Å². The number of benzene rings is 3. The standard InChI is InChI=1S/C23H19N2O3/c1-25(23(28)24-21(16-26)19-10-6-3-7-11-19)22(27)20-14-12-18(13-15-20)17-8-4-2-5-9-17/h2-15,21H,1H3,(H,24,28). The molecule has 1 radical (unpaired) electrons. The van der Waals surface area contributed by atoms with Crippen molar-refractivity contribution < 1.29 is 14.4 Å². The molecule has 0 heterocycles. The number of rotatable bonds is 5. The van der Waals surface area contributed by atoms with Gasteiger partial charge in [0.25, 0.3) is 5.91 Å². The molecule has 0 bridgehead atoms. The van der Waals surface area contributed by atoms with Gasteiger partial charge < -0.3 is 5.32 Å². The van der Waals surface area contributed by atoms with E-state index in [1.807, 2.05) is 48.5 Å². The lowest BCUT2D eigenvalue weighted by atomic mass is 10.0. The summed E-state index contributed by atoms with van der Waals surface area (Å²) in [5, 5.41) is 2.51. The molecule has 0 aromatic heterocycles. The van der Waals surface area contributed by atoms with Gasteiger partial charge in [0.15, 0.2) is 0 Å². The zero-order valence-electron chi connectivity index (χ0n) is 15.3. The summed E-state index contributed by atoms with van der Waals surface area (Å²) in [4.78, 5) is 37.2. The fourth-order valence-corrected chi connectivity index (χ4v) is 2.77. The van der Waals surface area contributed by atoms with Crippen molar-refractivity contribution in [2.24, 2.45) is 0 Å². The molecule has 1 atom stereocenters. The summed E-state index contributed by atoms with van der Waals surface area (Å²) in [6.45, 7) is 0. The number of carbonyl (C=O) groups excluding carboxylic acids is 3. The average Bonchev–Trinajstić information content (AvgIpc) is 2.77. The van der Waals surface area contributed by atoms with Crippen LogP contribution in [0.15, 0.2) is 84.9 Å². The van der Waals surface area contributed by atoms with Crippen LogP contribution >= 0.6 is 0 Å². The van der Waals surface area contributed by atoms with Crippen molar-refractivity contribution in [2.75, 3.05) is 7.05 Å². The van der Waals surface area contributed by atoms with Crippen LogP contribution in [0.25, 0.3) is 11.1 Å². The third kappa shape index (κ3) is 4.32.